The molecule has 0 atom stereocenters. The highest BCUT2D eigenvalue weighted by Gasteiger charge is 2.19. The van der Waals surface area contributed by atoms with Crippen LogP contribution in [0.3, 0.4) is 0 Å². The second-order valence-electron chi connectivity index (χ2n) is 9.35. The van der Waals surface area contributed by atoms with Gasteiger partial charge in [-0.05, 0) is 40.5 Å². The standard InChI is InChI=1S/C26H26N2SSi/c1-16(2)22-13-18(12-17-8-6-7-9-20(17)22)24-26-25(28-15-27-24)21-11-10-19(30(3,4)5)14-23(21)29-26/h6-16H,1-5H3/i15D. The molecule has 2 nitrogen and oxygen atoms in total. The second kappa shape index (κ2) is 7.00. The predicted octanol–water partition coefficient (Wildman–Crippen LogP) is 7.33. The Bertz CT molecular complexity index is 1460. The first kappa shape index (κ1) is 18.2. The molecule has 30 heavy (non-hydrogen) atoms. The Morgan fingerprint density at radius 3 is 2.50 bits per heavy atom. The highest BCUT2D eigenvalue weighted by Crippen LogP contribution is 2.39. The van der Waals surface area contributed by atoms with Crippen LogP contribution < -0.4 is 5.19 Å². The van der Waals surface area contributed by atoms with Crippen LogP contribution in [0.15, 0.2) is 60.9 Å². The summed E-state index contributed by atoms with van der Waals surface area (Å²) in [5.74, 6) is 0.402. The van der Waals surface area contributed by atoms with E-state index in [0.29, 0.717) is 5.92 Å². The van der Waals surface area contributed by atoms with Crippen molar-refractivity contribution < 1.29 is 1.37 Å². The first-order valence-electron chi connectivity index (χ1n) is 11.0. The van der Waals surface area contributed by atoms with Crippen LogP contribution in [0, 0.1) is 0 Å². The SMILES string of the molecule is [2H]c1nc(-c2cc(C(C)C)c3ccccc3c2)c2sc3cc([Si](C)(C)C)ccc3c2n1. The lowest BCUT2D eigenvalue weighted by molar-refractivity contribution is 0.876. The van der Waals surface area contributed by atoms with Gasteiger partial charge in [-0.15, -0.1) is 11.3 Å². The monoisotopic (exact) mass is 427 g/mol. The first-order valence-corrected chi connectivity index (χ1v) is 14.8. The molecule has 0 spiro atoms. The maximum atomic E-state index is 8.31. The largest absolute Gasteiger partial charge is 0.235 e. The van der Waals surface area contributed by atoms with E-state index < -0.39 is 8.07 Å². The summed E-state index contributed by atoms with van der Waals surface area (Å²) < 4.78 is 10.6. The van der Waals surface area contributed by atoms with Crippen LogP contribution in [-0.4, -0.2) is 18.0 Å². The molecule has 0 unspecified atom stereocenters. The molecule has 2 heterocycles. The van der Waals surface area contributed by atoms with Crippen LogP contribution >= 0.6 is 11.3 Å². The Balaban J connectivity index is 1.83. The van der Waals surface area contributed by atoms with Crippen molar-refractivity contribution in [2.24, 2.45) is 0 Å². The number of nitrogens with zero attached hydrogens (tertiary/aromatic N) is 2. The Labute approximate surface area is 184 Å². The van der Waals surface area contributed by atoms with E-state index in [1.165, 1.54) is 26.2 Å². The fourth-order valence-electron chi connectivity index (χ4n) is 4.15. The van der Waals surface area contributed by atoms with Crippen LogP contribution in [0.2, 0.25) is 19.6 Å². The van der Waals surface area contributed by atoms with Gasteiger partial charge >= 0.3 is 0 Å². The van der Waals surface area contributed by atoms with Crippen molar-refractivity contribution in [2.75, 3.05) is 0 Å². The van der Waals surface area contributed by atoms with E-state index in [9.17, 15) is 0 Å². The molecule has 0 bridgehead atoms. The van der Waals surface area contributed by atoms with E-state index in [0.717, 1.165) is 26.9 Å². The van der Waals surface area contributed by atoms with Crippen LogP contribution in [0.4, 0.5) is 0 Å². The summed E-state index contributed by atoms with van der Waals surface area (Å²) in [6.45, 7) is 11.6. The zero-order valence-electron chi connectivity index (χ0n) is 19.1. The van der Waals surface area contributed by atoms with Gasteiger partial charge < -0.3 is 0 Å². The number of thiophene rings is 1. The quantitative estimate of drug-likeness (QED) is 0.282. The fourth-order valence-corrected chi connectivity index (χ4v) is 6.61. The highest BCUT2D eigenvalue weighted by molar-refractivity contribution is 7.26. The lowest BCUT2D eigenvalue weighted by Gasteiger charge is -2.16. The van der Waals surface area contributed by atoms with Gasteiger partial charge in [-0.3, -0.25) is 0 Å². The van der Waals surface area contributed by atoms with E-state index in [2.05, 4.69) is 98.1 Å². The Morgan fingerprint density at radius 1 is 0.933 bits per heavy atom. The van der Waals surface area contributed by atoms with E-state index in [-0.39, 0.29) is 6.30 Å². The molecule has 0 fully saturated rings. The van der Waals surface area contributed by atoms with Gasteiger partial charge in [-0.1, -0.05) is 75.1 Å². The van der Waals surface area contributed by atoms with E-state index >= 15 is 0 Å². The fraction of sp³-hybridized carbons (Fsp3) is 0.231. The highest BCUT2D eigenvalue weighted by atomic mass is 32.1. The van der Waals surface area contributed by atoms with Gasteiger partial charge in [0.2, 0.25) is 0 Å². The van der Waals surface area contributed by atoms with Crippen LogP contribution in [0.25, 0.3) is 42.3 Å². The van der Waals surface area contributed by atoms with Gasteiger partial charge in [0.05, 0.1) is 24.0 Å². The number of hydrogen-bond acceptors (Lipinski definition) is 3. The van der Waals surface area contributed by atoms with E-state index in [4.69, 9.17) is 1.37 Å². The van der Waals surface area contributed by atoms with Gasteiger partial charge in [0.1, 0.15) is 7.67 Å². The molecule has 5 rings (SSSR count). The zero-order chi connectivity index (χ0) is 21.9. The van der Waals surface area contributed by atoms with Gasteiger partial charge in [0.15, 0.2) is 0 Å². The molecule has 150 valence electrons. The minimum Gasteiger partial charge on any atom is -0.235 e. The third-order valence-corrected chi connectivity index (χ3v) is 9.05. The van der Waals surface area contributed by atoms with Crippen LogP contribution in [-0.2, 0) is 0 Å². The van der Waals surface area contributed by atoms with Crippen molar-refractivity contribution in [3.8, 4) is 11.3 Å². The zero-order valence-corrected chi connectivity index (χ0v) is 19.9. The summed E-state index contributed by atoms with van der Waals surface area (Å²) in [7, 11) is -1.40. The lowest BCUT2D eigenvalue weighted by atomic mass is 9.92. The van der Waals surface area contributed by atoms with Crippen molar-refractivity contribution >= 4 is 55.7 Å². The van der Waals surface area contributed by atoms with E-state index in [1.807, 2.05) is 0 Å². The average molecular weight is 428 g/mol. The Morgan fingerprint density at radius 2 is 1.73 bits per heavy atom. The minimum absolute atomic E-state index is 0.0794. The van der Waals surface area contributed by atoms with E-state index in [1.54, 1.807) is 11.3 Å². The van der Waals surface area contributed by atoms with Gasteiger partial charge in [0, 0.05) is 15.6 Å². The molecule has 2 aromatic heterocycles. The Hall–Kier alpha value is -2.56. The summed E-state index contributed by atoms with van der Waals surface area (Å²) >= 11 is 1.76. The molecule has 5 aromatic rings. The lowest BCUT2D eigenvalue weighted by Crippen LogP contribution is -2.37. The normalized spacial score (nSPS) is 12.9. The Kier molecular flexibility index (Phi) is 4.25. The van der Waals surface area contributed by atoms with Crippen molar-refractivity contribution in [1.82, 2.24) is 9.97 Å². The molecule has 0 N–H and O–H groups in total. The molecule has 0 aliphatic carbocycles. The summed E-state index contributed by atoms with van der Waals surface area (Å²) in [6.07, 6.45) is 0.0794. The molecule has 0 radical (unpaired) electrons. The third-order valence-electron chi connectivity index (χ3n) is 5.86. The molecule has 0 saturated heterocycles. The molecule has 0 aliphatic heterocycles. The number of fused-ring (bicyclic) bond motifs is 4. The number of benzene rings is 3. The maximum absolute atomic E-state index is 8.31. The molecule has 0 amide bonds. The van der Waals surface area contributed by atoms with Gasteiger partial charge in [-0.25, -0.2) is 9.97 Å². The minimum atomic E-state index is -1.40. The molecule has 0 aliphatic rings. The number of rotatable bonds is 3. The van der Waals surface area contributed by atoms with Gasteiger partial charge in [-0.2, -0.15) is 0 Å². The summed E-state index contributed by atoms with van der Waals surface area (Å²) in [5, 5.41) is 5.07. The van der Waals surface area contributed by atoms with Crippen LogP contribution in [0.5, 0.6) is 0 Å². The van der Waals surface area contributed by atoms with Gasteiger partial charge in [0.25, 0.3) is 0 Å². The predicted molar refractivity (Wildman–Crippen MR) is 135 cm³/mol. The molecule has 3 aromatic carbocycles. The van der Waals surface area contributed by atoms with Crippen molar-refractivity contribution in [3.63, 3.8) is 0 Å². The summed E-state index contributed by atoms with van der Waals surface area (Å²) in [5.41, 5.74) is 4.16. The maximum Gasteiger partial charge on any atom is 0.116 e. The third kappa shape index (κ3) is 3.15. The summed E-state index contributed by atoms with van der Waals surface area (Å²) in [4.78, 5) is 9.16. The topological polar surface area (TPSA) is 25.8 Å². The molecular weight excluding hydrogens is 400 g/mol. The first-order chi connectivity index (χ1) is 14.7. The molecule has 0 saturated carbocycles. The molecule has 4 heteroatoms. The second-order valence-corrected chi connectivity index (χ2v) is 15.5. The van der Waals surface area contributed by atoms with Crippen molar-refractivity contribution in [3.05, 3.63) is 66.5 Å². The van der Waals surface area contributed by atoms with Crippen LogP contribution in [0.1, 0.15) is 26.7 Å². The summed E-state index contributed by atoms with van der Waals surface area (Å²) in [6, 6.07) is 19.8. The number of aromatic nitrogens is 2. The molecular formula is C26H26N2SSi. The van der Waals surface area contributed by atoms with Crippen molar-refractivity contribution in [1.29, 1.82) is 0 Å². The number of hydrogen-bond donors (Lipinski definition) is 0. The smallest absolute Gasteiger partial charge is 0.116 e. The van der Waals surface area contributed by atoms with Crippen molar-refractivity contribution in [2.45, 2.75) is 39.4 Å². The average Bonchev–Trinajstić information content (AvgIpc) is 3.09.